The first-order chi connectivity index (χ1) is 27.8. The van der Waals surface area contributed by atoms with E-state index in [1.54, 1.807) is 27.7 Å². The minimum Gasteiger partial charge on any atom is -0.507 e. The van der Waals surface area contributed by atoms with E-state index in [-0.39, 0.29) is 47.3 Å². The third kappa shape index (κ3) is 7.60. The molecule has 0 amide bonds. The van der Waals surface area contributed by atoms with Gasteiger partial charge in [0.15, 0.2) is 30.4 Å². The molecule has 3 saturated heterocycles. The number of carbonyl (C=O) groups excluding carboxylic acids is 4. The highest BCUT2D eigenvalue weighted by molar-refractivity contribution is 6.30. The molecule has 5 N–H and O–H groups in total. The largest absolute Gasteiger partial charge is 0.507 e. The molecule has 0 saturated carbocycles. The maximum absolute atomic E-state index is 13.9. The number of phenols is 2. The van der Waals surface area contributed by atoms with Gasteiger partial charge in [-0.1, -0.05) is 19.1 Å². The fourth-order valence-corrected chi connectivity index (χ4v) is 9.37. The number of aliphatic hydroxyl groups excluding tert-OH is 1. The molecule has 3 heterocycles. The third-order valence-corrected chi connectivity index (χ3v) is 12.5. The summed E-state index contributed by atoms with van der Waals surface area (Å²) in [5, 5.41) is 58.5. The van der Waals surface area contributed by atoms with Crippen LogP contribution in [0.15, 0.2) is 24.3 Å². The van der Waals surface area contributed by atoms with Gasteiger partial charge in [0, 0.05) is 49.3 Å². The van der Waals surface area contributed by atoms with E-state index in [1.807, 2.05) is 19.0 Å². The number of hydrogen-bond donors (Lipinski definition) is 5. The van der Waals surface area contributed by atoms with Crippen molar-refractivity contribution in [2.45, 2.75) is 145 Å². The van der Waals surface area contributed by atoms with Crippen LogP contribution in [0.25, 0.3) is 0 Å². The number of Topliss-reactive ketones (excluding diaryl/α,β-unsaturated/α-hetero) is 1. The van der Waals surface area contributed by atoms with Crippen LogP contribution in [0.5, 0.6) is 11.5 Å². The van der Waals surface area contributed by atoms with Crippen LogP contribution in [0.2, 0.25) is 0 Å². The molecule has 3 fully saturated rings. The van der Waals surface area contributed by atoms with Crippen molar-refractivity contribution in [3.63, 3.8) is 0 Å². The molecule has 5 aliphatic rings. The van der Waals surface area contributed by atoms with E-state index in [1.165, 1.54) is 24.3 Å². The van der Waals surface area contributed by atoms with Crippen LogP contribution in [0, 0.1) is 0 Å². The Balaban J connectivity index is 1.16. The third-order valence-electron chi connectivity index (χ3n) is 12.5. The van der Waals surface area contributed by atoms with Gasteiger partial charge in [-0.15, -0.1) is 0 Å². The molecule has 3 aliphatic heterocycles. The number of benzene rings is 2. The second-order valence-electron chi connectivity index (χ2n) is 16.5. The number of phenolic OH excluding ortho intramolecular Hbond substituents is 2. The van der Waals surface area contributed by atoms with Gasteiger partial charge in [0.25, 0.3) is 0 Å². The van der Waals surface area contributed by atoms with E-state index >= 15 is 0 Å². The second-order valence-corrected chi connectivity index (χ2v) is 16.5. The molecule has 59 heavy (non-hydrogen) atoms. The van der Waals surface area contributed by atoms with Crippen molar-refractivity contribution in [3.8, 4) is 11.5 Å². The summed E-state index contributed by atoms with van der Waals surface area (Å²) in [6.07, 6.45) is -7.12. The van der Waals surface area contributed by atoms with Crippen molar-refractivity contribution in [1.82, 2.24) is 4.90 Å². The van der Waals surface area contributed by atoms with Gasteiger partial charge in [-0.25, -0.2) is 0 Å². The number of aliphatic hydroxyl groups is 3. The summed E-state index contributed by atoms with van der Waals surface area (Å²) in [7, 11) is 4.73. The van der Waals surface area contributed by atoms with Crippen LogP contribution in [0.1, 0.15) is 115 Å². The number of ketones is 3. The van der Waals surface area contributed by atoms with E-state index in [0.29, 0.717) is 12.8 Å². The Bertz CT molecular complexity index is 1990. The minimum absolute atomic E-state index is 0.00894. The molecular formula is C42H53NO16. The van der Waals surface area contributed by atoms with Crippen molar-refractivity contribution in [2.24, 2.45) is 0 Å². The van der Waals surface area contributed by atoms with Crippen LogP contribution in [0.3, 0.4) is 0 Å². The van der Waals surface area contributed by atoms with E-state index in [4.69, 9.17) is 33.2 Å². The molecule has 17 nitrogen and oxygen atoms in total. The number of methoxy groups -OCH3 is 1. The highest BCUT2D eigenvalue weighted by Gasteiger charge is 2.59. The summed E-state index contributed by atoms with van der Waals surface area (Å²) in [6.45, 7) is 6.72. The molecule has 3 unspecified atom stereocenters. The molecule has 2 aromatic carbocycles. The number of esters is 1. The number of hydrogen-bond acceptors (Lipinski definition) is 17. The van der Waals surface area contributed by atoms with Gasteiger partial charge >= 0.3 is 5.97 Å². The fourth-order valence-electron chi connectivity index (χ4n) is 9.37. The Hall–Kier alpha value is -3.88. The van der Waals surface area contributed by atoms with E-state index in [0.717, 1.165) is 7.11 Å². The topological polar surface area (TPSA) is 237 Å². The molecule has 322 valence electrons. The predicted molar refractivity (Wildman–Crippen MR) is 202 cm³/mol. The lowest BCUT2D eigenvalue weighted by Gasteiger charge is -2.50. The first-order valence-electron chi connectivity index (χ1n) is 20.0. The highest BCUT2D eigenvalue weighted by Crippen LogP contribution is 2.55. The molecule has 2 aliphatic carbocycles. The molecule has 0 spiro atoms. The number of fused-ring (bicyclic) bond motifs is 3. The summed E-state index contributed by atoms with van der Waals surface area (Å²) < 4.78 is 42.1. The maximum atomic E-state index is 13.9. The molecule has 13 atom stereocenters. The SMILES string of the molecule is CC[C@@]1(O)C[C@](O)(O[C@H]2C[C@@H](N(C)C)[C@H](O[C@H]3C[C@@H](O)[C@H](O[C@H]4CCC(=O)C(C)O4)C(C)O3)C(C)O2)c2c(cc3c(c2O)C(=O)c2c(O)cccc2C3=O)[C@H]1C(=O)OC. The Morgan fingerprint density at radius 2 is 1.58 bits per heavy atom. The predicted octanol–water partition coefficient (Wildman–Crippen LogP) is 2.26. The van der Waals surface area contributed by atoms with Gasteiger partial charge in [-0.2, -0.15) is 0 Å². The van der Waals surface area contributed by atoms with Crippen LogP contribution >= 0.6 is 0 Å². The normalized spacial score (nSPS) is 37.1. The van der Waals surface area contributed by atoms with E-state index in [2.05, 4.69) is 0 Å². The van der Waals surface area contributed by atoms with Gasteiger partial charge in [-0.3, -0.25) is 19.2 Å². The van der Waals surface area contributed by atoms with Crippen molar-refractivity contribution in [2.75, 3.05) is 21.2 Å². The first-order valence-corrected chi connectivity index (χ1v) is 20.0. The fraction of sp³-hybridized carbons (Fsp3) is 0.619. The lowest BCUT2D eigenvalue weighted by molar-refractivity contribution is -0.360. The van der Waals surface area contributed by atoms with Crippen molar-refractivity contribution < 1.29 is 77.9 Å². The van der Waals surface area contributed by atoms with Crippen LogP contribution in [0.4, 0.5) is 0 Å². The van der Waals surface area contributed by atoms with Gasteiger partial charge < -0.3 is 63.6 Å². The van der Waals surface area contributed by atoms with Gasteiger partial charge in [0.05, 0.1) is 47.7 Å². The molecule has 0 aromatic heterocycles. The van der Waals surface area contributed by atoms with Crippen LogP contribution < -0.4 is 0 Å². The number of carbonyl (C=O) groups is 4. The van der Waals surface area contributed by atoms with Gasteiger partial charge in [0.2, 0.25) is 11.6 Å². The summed E-state index contributed by atoms with van der Waals surface area (Å²) in [5.41, 5.74) is -3.94. The standard InChI is InChI=1S/C42H53NO16/c1-8-41(51)17-42(52,33-23(34(41)40(50)53-7)14-22-32(37(33)49)36(48)31-21(35(22)47)10-9-11-26(31)45)59-30-15-24(43(5)6)38(19(3)56-30)58-29-16-27(46)39(20(4)55-29)57-28-13-12-25(44)18(2)54-28/h9-11,14,18-20,24,27-30,34,38-39,45-46,49,51-52H,8,12-13,15-17H2,1-7H3/t18?,19?,20?,24-,27-,28+,29+,30+,34+,38-,39-,41-,42+/m1/s1. The molecular weight excluding hydrogens is 774 g/mol. The smallest absolute Gasteiger partial charge is 0.316 e. The monoisotopic (exact) mass is 827 g/mol. The molecule has 0 radical (unpaired) electrons. The molecule has 2 aromatic rings. The Morgan fingerprint density at radius 1 is 0.898 bits per heavy atom. The lowest BCUT2D eigenvalue weighted by atomic mass is 9.65. The van der Waals surface area contributed by atoms with Crippen LogP contribution in [-0.4, -0.2) is 142 Å². The number of ether oxygens (including phenoxy) is 7. The second kappa shape index (κ2) is 16.2. The van der Waals surface area contributed by atoms with Crippen molar-refractivity contribution in [3.05, 3.63) is 57.6 Å². The molecule has 0 bridgehead atoms. The van der Waals surface area contributed by atoms with E-state index in [9.17, 15) is 44.7 Å². The number of aromatic hydroxyl groups is 2. The Kier molecular flexibility index (Phi) is 11.9. The molecule has 7 rings (SSSR count). The zero-order valence-corrected chi connectivity index (χ0v) is 34.1. The van der Waals surface area contributed by atoms with Crippen molar-refractivity contribution in [1.29, 1.82) is 0 Å². The van der Waals surface area contributed by atoms with Crippen LogP contribution in [-0.2, 0) is 48.5 Å². The zero-order valence-electron chi connectivity index (χ0n) is 34.1. The molecule has 17 heteroatoms. The maximum Gasteiger partial charge on any atom is 0.316 e. The van der Waals surface area contributed by atoms with Crippen molar-refractivity contribution >= 4 is 23.3 Å². The average Bonchev–Trinajstić information content (AvgIpc) is 3.16. The summed E-state index contributed by atoms with van der Waals surface area (Å²) >= 11 is 0. The lowest BCUT2D eigenvalue weighted by Crippen LogP contribution is -2.59. The average molecular weight is 828 g/mol. The Labute approximate surface area is 341 Å². The van der Waals surface area contributed by atoms with Gasteiger partial charge in [0.1, 0.15) is 35.7 Å². The minimum atomic E-state index is -2.62. The number of rotatable bonds is 9. The first kappa shape index (κ1) is 43.2. The Morgan fingerprint density at radius 3 is 2.22 bits per heavy atom. The summed E-state index contributed by atoms with van der Waals surface area (Å²) in [4.78, 5) is 55.0. The van der Waals surface area contributed by atoms with E-state index < -0.39 is 125 Å². The quantitative estimate of drug-likeness (QED) is 0.154. The number of likely N-dealkylation sites (N-methyl/N-ethyl adjacent to an activating group) is 1. The van der Waals surface area contributed by atoms with Gasteiger partial charge in [-0.05, 0) is 59.0 Å². The number of nitrogens with zero attached hydrogens (tertiary/aromatic N) is 1. The zero-order chi connectivity index (χ0) is 42.9. The highest BCUT2D eigenvalue weighted by atomic mass is 16.8. The summed E-state index contributed by atoms with van der Waals surface area (Å²) in [6, 6.07) is 4.69. The summed E-state index contributed by atoms with van der Waals surface area (Å²) in [5.74, 6) is -8.05.